The van der Waals surface area contributed by atoms with E-state index in [1.54, 1.807) is 24.4 Å². The number of piperidine rings is 1. The second kappa shape index (κ2) is 7.99. The Morgan fingerprint density at radius 1 is 1.12 bits per heavy atom. The van der Waals surface area contributed by atoms with Crippen molar-refractivity contribution in [3.63, 3.8) is 0 Å². The minimum Gasteiger partial charge on any atom is -0.478 e. The summed E-state index contributed by atoms with van der Waals surface area (Å²) in [5, 5.41) is 11.7. The Morgan fingerprint density at radius 3 is 2.35 bits per heavy atom. The number of nitrogens with zero attached hydrogens (tertiary/aromatic N) is 2. The van der Waals surface area contributed by atoms with E-state index in [9.17, 15) is 9.59 Å². The van der Waals surface area contributed by atoms with Gasteiger partial charge in [-0.1, -0.05) is 19.1 Å². The molecule has 2 N–H and O–H groups in total. The maximum atomic E-state index is 12.3. The second-order valence-electron chi connectivity index (χ2n) is 6.76. The number of carbonyl (C=O) groups is 2. The number of carboxylic acids is 1. The molecule has 136 valence electrons. The number of hydrogen-bond donors (Lipinski definition) is 2. The van der Waals surface area contributed by atoms with Gasteiger partial charge in [0, 0.05) is 25.8 Å². The Balaban J connectivity index is 1.55. The Morgan fingerprint density at radius 2 is 1.77 bits per heavy atom. The Bertz CT molecular complexity index is 764. The van der Waals surface area contributed by atoms with E-state index in [4.69, 9.17) is 5.11 Å². The number of rotatable bonds is 5. The van der Waals surface area contributed by atoms with Crippen molar-refractivity contribution in [2.24, 2.45) is 5.92 Å². The average molecular weight is 353 g/mol. The predicted octanol–water partition coefficient (Wildman–Crippen LogP) is 2.95. The zero-order valence-electron chi connectivity index (χ0n) is 14.8. The maximum Gasteiger partial charge on any atom is 0.335 e. The molecule has 6 heteroatoms. The van der Waals surface area contributed by atoms with Crippen molar-refractivity contribution in [2.45, 2.75) is 26.3 Å². The van der Waals surface area contributed by atoms with Crippen LogP contribution in [0.5, 0.6) is 0 Å². The molecule has 0 atom stereocenters. The molecule has 26 heavy (non-hydrogen) atoms. The van der Waals surface area contributed by atoms with Crippen LogP contribution in [0.3, 0.4) is 0 Å². The van der Waals surface area contributed by atoms with E-state index in [0.717, 1.165) is 30.4 Å². The van der Waals surface area contributed by atoms with Gasteiger partial charge in [-0.3, -0.25) is 4.79 Å². The maximum absolute atomic E-state index is 12.3. The largest absolute Gasteiger partial charge is 0.478 e. The summed E-state index contributed by atoms with van der Waals surface area (Å²) in [5.74, 6) is 0.520. The first-order valence-corrected chi connectivity index (χ1v) is 8.84. The van der Waals surface area contributed by atoms with E-state index in [2.05, 4.69) is 22.1 Å². The van der Waals surface area contributed by atoms with Crippen LogP contribution in [0.15, 0.2) is 42.6 Å². The van der Waals surface area contributed by atoms with Crippen LogP contribution in [-0.4, -0.2) is 35.1 Å². The molecule has 0 bridgehead atoms. The highest BCUT2D eigenvalue weighted by Crippen LogP contribution is 2.21. The number of aromatic nitrogens is 1. The fourth-order valence-electron chi connectivity index (χ4n) is 2.99. The normalized spacial score (nSPS) is 14.9. The molecule has 0 unspecified atom stereocenters. The van der Waals surface area contributed by atoms with Gasteiger partial charge in [0.05, 0.1) is 11.1 Å². The molecule has 6 nitrogen and oxygen atoms in total. The minimum atomic E-state index is -0.963. The van der Waals surface area contributed by atoms with Crippen LogP contribution in [0, 0.1) is 5.92 Å². The summed E-state index contributed by atoms with van der Waals surface area (Å²) in [5.41, 5.74) is 1.59. The molecule has 1 saturated heterocycles. The Hall–Kier alpha value is -2.89. The third-order valence-corrected chi connectivity index (χ3v) is 4.77. The van der Waals surface area contributed by atoms with Gasteiger partial charge in [-0.2, -0.15) is 0 Å². The summed E-state index contributed by atoms with van der Waals surface area (Å²) < 4.78 is 0. The van der Waals surface area contributed by atoms with E-state index in [1.807, 2.05) is 6.07 Å². The van der Waals surface area contributed by atoms with Gasteiger partial charge in [-0.15, -0.1) is 0 Å². The lowest BCUT2D eigenvalue weighted by atomic mass is 9.99. The number of hydrogen-bond acceptors (Lipinski definition) is 4. The lowest BCUT2D eigenvalue weighted by Gasteiger charge is -2.31. The predicted molar refractivity (Wildman–Crippen MR) is 99.4 cm³/mol. The average Bonchev–Trinajstić information content (AvgIpc) is 2.67. The van der Waals surface area contributed by atoms with Crippen LogP contribution in [-0.2, 0) is 6.54 Å². The lowest BCUT2D eigenvalue weighted by Crippen LogP contribution is -2.33. The summed E-state index contributed by atoms with van der Waals surface area (Å²) >= 11 is 0. The van der Waals surface area contributed by atoms with Crippen LogP contribution < -0.4 is 10.2 Å². The van der Waals surface area contributed by atoms with Gasteiger partial charge in [0.15, 0.2) is 0 Å². The molecule has 1 aromatic carbocycles. The molecule has 1 aromatic heterocycles. The third-order valence-electron chi connectivity index (χ3n) is 4.77. The summed E-state index contributed by atoms with van der Waals surface area (Å²) in [7, 11) is 0. The number of amides is 1. The highest BCUT2D eigenvalue weighted by molar-refractivity contribution is 5.94. The van der Waals surface area contributed by atoms with E-state index in [1.165, 1.54) is 25.0 Å². The molecule has 0 spiro atoms. The molecule has 1 aliphatic rings. The van der Waals surface area contributed by atoms with Crippen molar-refractivity contribution in [3.05, 3.63) is 59.3 Å². The number of anilines is 1. The first-order valence-electron chi connectivity index (χ1n) is 8.84. The SMILES string of the molecule is CC1CCN(c2ccc(C(=O)NCc3ccc(C(=O)O)cc3)cn2)CC1. The van der Waals surface area contributed by atoms with Gasteiger partial charge >= 0.3 is 5.97 Å². The summed E-state index contributed by atoms with van der Waals surface area (Å²) in [4.78, 5) is 29.8. The molecule has 0 saturated carbocycles. The summed E-state index contributed by atoms with van der Waals surface area (Å²) in [6, 6.07) is 10.1. The summed E-state index contributed by atoms with van der Waals surface area (Å²) in [6.07, 6.45) is 3.95. The zero-order valence-corrected chi connectivity index (χ0v) is 14.8. The Labute approximate surface area is 152 Å². The first-order chi connectivity index (χ1) is 12.5. The van der Waals surface area contributed by atoms with Crippen molar-refractivity contribution in [1.29, 1.82) is 0 Å². The monoisotopic (exact) mass is 353 g/mol. The highest BCUT2D eigenvalue weighted by atomic mass is 16.4. The van der Waals surface area contributed by atoms with E-state index in [-0.39, 0.29) is 11.5 Å². The van der Waals surface area contributed by atoms with Gasteiger partial charge in [0.1, 0.15) is 5.82 Å². The topological polar surface area (TPSA) is 82.5 Å². The van der Waals surface area contributed by atoms with Crippen molar-refractivity contribution in [3.8, 4) is 0 Å². The molecule has 3 rings (SSSR count). The zero-order chi connectivity index (χ0) is 18.5. The van der Waals surface area contributed by atoms with Crippen molar-refractivity contribution >= 4 is 17.7 Å². The van der Waals surface area contributed by atoms with Crippen LogP contribution in [0.2, 0.25) is 0 Å². The van der Waals surface area contributed by atoms with Crippen molar-refractivity contribution in [2.75, 3.05) is 18.0 Å². The highest BCUT2D eigenvalue weighted by Gasteiger charge is 2.17. The molecule has 2 heterocycles. The minimum absolute atomic E-state index is 0.196. The lowest BCUT2D eigenvalue weighted by molar-refractivity contribution is 0.0696. The van der Waals surface area contributed by atoms with Gasteiger partial charge in [-0.05, 0) is 48.6 Å². The van der Waals surface area contributed by atoms with Gasteiger partial charge in [-0.25, -0.2) is 9.78 Å². The molecule has 1 fully saturated rings. The van der Waals surface area contributed by atoms with Gasteiger partial charge < -0.3 is 15.3 Å². The molecule has 0 radical (unpaired) electrons. The first kappa shape index (κ1) is 17.9. The fourth-order valence-corrected chi connectivity index (χ4v) is 2.99. The van der Waals surface area contributed by atoms with Gasteiger partial charge in [0.2, 0.25) is 0 Å². The van der Waals surface area contributed by atoms with Crippen LogP contribution in [0.4, 0.5) is 5.82 Å². The number of carbonyl (C=O) groups excluding carboxylic acids is 1. The van der Waals surface area contributed by atoms with E-state index in [0.29, 0.717) is 12.1 Å². The number of pyridine rings is 1. The number of benzene rings is 1. The van der Waals surface area contributed by atoms with Gasteiger partial charge in [0.25, 0.3) is 5.91 Å². The van der Waals surface area contributed by atoms with E-state index < -0.39 is 5.97 Å². The standard InChI is InChI=1S/C20H23N3O3/c1-14-8-10-23(11-9-14)18-7-6-17(13-21-18)19(24)22-12-15-2-4-16(5-3-15)20(25)26/h2-7,13-14H,8-12H2,1H3,(H,22,24)(H,25,26). The fraction of sp³-hybridized carbons (Fsp3) is 0.350. The van der Waals surface area contributed by atoms with Crippen LogP contribution >= 0.6 is 0 Å². The van der Waals surface area contributed by atoms with E-state index >= 15 is 0 Å². The van der Waals surface area contributed by atoms with Crippen molar-refractivity contribution in [1.82, 2.24) is 10.3 Å². The second-order valence-corrected chi connectivity index (χ2v) is 6.76. The quantitative estimate of drug-likeness (QED) is 0.864. The molecular weight excluding hydrogens is 330 g/mol. The third kappa shape index (κ3) is 4.39. The molecule has 0 aliphatic carbocycles. The van der Waals surface area contributed by atoms with Crippen LogP contribution in [0.1, 0.15) is 46.0 Å². The Kier molecular flexibility index (Phi) is 5.51. The number of aromatic carboxylic acids is 1. The number of carboxylic acid groups (broad SMARTS) is 1. The van der Waals surface area contributed by atoms with Crippen LogP contribution in [0.25, 0.3) is 0 Å². The molecule has 1 aliphatic heterocycles. The summed E-state index contributed by atoms with van der Waals surface area (Å²) in [6.45, 7) is 4.62. The number of nitrogens with one attached hydrogen (secondary N) is 1. The molecule has 1 amide bonds. The molecule has 2 aromatic rings. The van der Waals surface area contributed by atoms with Crippen molar-refractivity contribution < 1.29 is 14.7 Å². The smallest absolute Gasteiger partial charge is 0.335 e. The molecular formula is C20H23N3O3.